The highest BCUT2D eigenvalue weighted by atomic mass is 15.2. The molecule has 0 amide bonds. The number of hydrogen-bond acceptors (Lipinski definition) is 2. The Morgan fingerprint density at radius 1 is 0.323 bits per heavy atom. The van der Waals surface area contributed by atoms with Gasteiger partial charge in [-0.3, -0.25) is 0 Å². The molecule has 300 valence electrons. The smallest absolute Gasteiger partial charge is 0.0560 e. The van der Waals surface area contributed by atoms with Gasteiger partial charge in [0.1, 0.15) is 0 Å². The summed E-state index contributed by atoms with van der Waals surface area (Å²) in [4.78, 5) is 4.97. The van der Waals surface area contributed by atoms with E-state index in [1.54, 1.807) is 0 Å². The summed E-state index contributed by atoms with van der Waals surface area (Å²) in [5.41, 5.74) is 16.0. The summed E-state index contributed by atoms with van der Waals surface area (Å²) >= 11 is 0. The number of nitrogens with zero attached hydrogens (tertiary/aromatic N) is 2. The molecule has 62 heavy (non-hydrogen) atoms. The highest BCUT2D eigenvalue weighted by Gasteiger charge is 2.24. The summed E-state index contributed by atoms with van der Waals surface area (Å²) in [6.07, 6.45) is 26.2. The molecule has 0 radical (unpaired) electrons. The van der Waals surface area contributed by atoms with Gasteiger partial charge in [0.25, 0.3) is 0 Å². The minimum absolute atomic E-state index is 0.182. The number of anilines is 4. The summed E-state index contributed by atoms with van der Waals surface area (Å²) in [7, 11) is 0. The minimum Gasteiger partial charge on any atom is -0.334 e. The molecule has 3 aliphatic carbocycles. The van der Waals surface area contributed by atoms with E-state index in [0.717, 1.165) is 19.3 Å². The summed E-state index contributed by atoms with van der Waals surface area (Å²) < 4.78 is 0. The van der Waals surface area contributed by atoms with Crippen LogP contribution in [0, 0.1) is 5.92 Å². The van der Waals surface area contributed by atoms with E-state index in [2.05, 4.69) is 259 Å². The zero-order valence-corrected chi connectivity index (χ0v) is 34.9. The molecule has 2 nitrogen and oxygen atoms in total. The van der Waals surface area contributed by atoms with Gasteiger partial charge in [-0.1, -0.05) is 200 Å². The van der Waals surface area contributed by atoms with Gasteiger partial charge in [-0.2, -0.15) is 0 Å². The van der Waals surface area contributed by atoms with Crippen LogP contribution in [0.5, 0.6) is 0 Å². The van der Waals surface area contributed by atoms with Crippen molar-refractivity contribution in [2.45, 2.75) is 31.3 Å². The summed E-state index contributed by atoms with van der Waals surface area (Å²) in [5.74, 6) is 0.459. The molecule has 3 unspecified atom stereocenters. The highest BCUT2D eigenvalue weighted by Crippen LogP contribution is 2.38. The van der Waals surface area contributed by atoms with E-state index >= 15 is 0 Å². The van der Waals surface area contributed by atoms with Crippen molar-refractivity contribution in [1.82, 2.24) is 0 Å². The fourth-order valence-electron chi connectivity index (χ4n) is 9.15. The molecule has 3 aliphatic rings. The maximum atomic E-state index is 2.50. The van der Waals surface area contributed by atoms with Gasteiger partial charge in [-0.25, -0.2) is 0 Å². The van der Waals surface area contributed by atoms with Crippen LogP contribution in [0.15, 0.2) is 254 Å². The van der Waals surface area contributed by atoms with Crippen LogP contribution in [0.1, 0.15) is 24.8 Å². The molecule has 0 N–H and O–H groups in total. The zero-order chi connectivity index (χ0) is 41.5. The second-order valence-electron chi connectivity index (χ2n) is 16.4. The monoisotopic (exact) mass is 798 g/mol. The Bertz CT molecular complexity index is 2770. The van der Waals surface area contributed by atoms with Crippen LogP contribution in [-0.4, -0.2) is 12.1 Å². The first kappa shape index (κ1) is 38.8. The van der Waals surface area contributed by atoms with Gasteiger partial charge in [0.05, 0.1) is 12.1 Å². The normalized spacial score (nSPS) is 17.9. The Kier molecular flexibility index (Phi) is 11.3. The molecular formula is C60H50N2. The van der Waals surface area contributed by atoms with E-state index in [-0.39, 0.29) is 12.1 Å². The minimum atomic E-state index is 0.182. The predicted octanol–water partition coefficient (Wildman–Crippen LogP) is 15.8. The topological polar surface area (TPSA) is 6.48 Å². The first-order chi connectivity index (χ1) is 30.7. The molecule has 0 spiro atoms. The van der Waals surface area contributed by atoms with E-state index < -0.39 is 0 Å². The molecule has 0 saturated carbocycles. The van der Waals surface area contributed by atoms with Crippen molar-refractivity contribution in [2.24, 2.45) is 5.92 Å². The lowest BCUT2D eigenvalue weighted by molar-refractivity contribution is 0.731. The van der Waals surface area contributed by atoms with Gasteiger partial charge in [0, 0.05) is 28.7 Å². The molecule has 7 aromatic rings. The number of para-hydroxylation sites is 1. The average Bonchev–Trinajstić information content (AvgIpc) is 3.36. The van der Waals surface area contributed by atoms with E-state index in [1.165, 1.54) is 72.8 Å². The first-order valence-electron chi connectivity index (χ1n) is 22.0. The van der Waals surface area contributed by atoms with E-state index in [4.69, 9.17) is 0 Å². The van der Waals surface area contributed by atoms with Crippen LogP contribution >= 0.6 is 0 Å². The average molecular weight is 799 g/mol. The van der Waals surface area contributed by atoms with Crippen LogP contribution in [0.3, 0.4) is 0 Å². The molecule has 10 rings (SSSR count). The van der Waals surface area contributed by atoms with Crippen LogP contribution in [0.4, 0.5) is 22.7 Å². The third-order valence-electron chi connectivity index (χ3n) is 12.5. The highest BCUT2D eigenvalue weighted by molar-refractivity contribution is 5.79. The van der Waals surface area contributed by atoms with Gasteiger partial charge in [0.15, 0.2) is 0 Å². The van der Waals surface area contributed by atoms with E-state index in [0.29, 0.717) is 5.92 Å². The Hall–Kier alpha value is -7.42. The summed E-state index contributed by atoms with van der Waals surface area (Å²) in [6.45, 7) is 0. The zero-order valence-electron chi connectivity index (χ0n) is 34.9. The number of allylic oxidation sites excluding steroid dienone is 8. The molecule has 0 aromatic heterocycles. The van der Waals surface area contributed by atoms with Crippen molar-refractivity contribution in [2.75, 3.05) is 9.80 Å². The fourth-order valence-corrected chi connectivity index (χ4v) is 9.15. The van der Waals surface area contributed by atoms with Crippen LogP contribution in [-0.2, 0) is 0 Å². The Morgan fingerprint density at radius 2 is 0.726 bits per heavy atom. The Balaban J connectivity index is 0.876. The molecule has 2 heteroatoms. The van der Waals surface area contributed by atoms with Crippen LogP contribution < -0.4 is 9.80 Å². The van der Waals surface area contributed by atoms with Crippen molar-refractivity contribution in [3.8, 4) is 33.4 Å². The summed E-state index contributed by atoms with van der Waals surface area (Å²) in [5, 5.41) is 0. The number of rotatable bonds is 11. The predicted molar refractivity (Wildman–Crippen MR) is 264 cm³/mol. The van der Waals surface area contributed by atoms with Crippen molar-refractivity contribution in [1.29, 1.82) is 0 Å². The van der Waals surface area contributed by atoms with E-state index in [1.807, 2.05) is 0 Å². The van der Waals surface area contributed by atoms with Gasteiger partial charge in [-0.05, 0) is 118 Å². The maximum Gasteiger partial charge on any atom is 0.0560 e. The van der Waals surface area contributed by atoms with Crippen molar-refractivity contribution in [3.05, 3.63) is 260 Å². The number of benzene rings is 7. The molecule has 0 heterocycles. The molecule has 7 aromatic carbocycles. The lowest BCUT2D eigenvalue weighted by Gasteiger charge is -2.34. The standard InChI is InChI=1S/C60H50N2/c1-5-13-45(14-6-1)48-21-23-49(24-22-48)52-29-39-56(40-30-52)61(55-19-11-4-12-20-55)57-41-31-53(32-42-57)54-33-43-60(44-34-54)62(58-35-25-50(26-36-58)46-15-7-2-8-16-46)59-37-27-51(28-38-59)47-17-9-3-10-18-47/h1-17,19-37,39-41,43-44,47,57,59H,18,38,42H2. The molecule has 0 aliphatic heterocycles. The quantitative estimate of drug-likeness (QED) is 0.129. The Labute approximate surface area is 367 Å². The van der Waals surface area contributed by atoms with Crippen molar-refractivity contribution in [3.63, 3.8) is 0 Å². The Morgan fingerprint density at radius 3 is 1.15 bits per heavy atom. The second-order valence-corrected chi connectivity index (χ2v) is 16.4. The van der Waals surface area contributed by atoms with Crippen LogP contribution in [0.25, 0.3) is 39.0 Å². The van der Waals surface area contributed by atoms with Gasteiger partial charge >= 0.3 is 0 Å². The van der Waals surface area contributed by atoms with Crippen molar-refractivity contribution >= 4 is 28.3 Å². The first-order valence-corrected chi connectivity index (χ1v) is 22.0. The lowest BCUT2D eigenvalue weighted by atomic mass is 9.87. The van der Waals surface area contributed by atoms with Gasteiger partial charge in [0.2, 0.25) is 0 Å². The number of hydrogen-bond donors (Lipinski definition) is 0. The molecular weight excluding hydrogens is 749 g/mol. The molecule has 0 saturated heterocycles. The van der Waals surface area contributed by atoms with Gasteiger partial charge < -0.3 is 9.80 Å². The maximum absolute atomic E-state index is 2.50. The molecule has 3 atom stereocenters. The van der Waals surface area contributed by atoms with Crippen LogP contribution in [0.2, 0.25) is 0 Å². The SMILES string of the molecule is C1=CCC(C2=CCC(N(c3ccc(C4=CCC(N(c5ccccc5)c5ccc(-c6ccc(-c7ccccc7)cc6)cc5)C=C4)cc3)c3ccc(-c4ccccc4)cc3)C=C2)C=C1. The largest absolute Gasteiger partial charge is 0.334 e. The third-order valence-corrected chi connectivity index (χ3v) is 12.5. The lowest BCUT2D eigenvalue weighted by Crippen LogP contribution is -2.30. The van der Waals surface area contributed by atoms with E-state index in [9.17, 15) is 0 Å². The molecule has 0 bridgehead atoms. The second kappa shape index (κ2) is 18.1. The third kappa shape index (κ3) is 8.46. The fraction of sp³-hybridized carbons (Fsp3) is 0.100. The van der Waals surface area contributed by atoms with Gasteiger partial charge in [-0.15, -0.1) is 0 Å². The van der Waals surface area contributed by atoms with Crippen molar-refractivity contribution < 1.29 is 0 Å². The summed E-state index contributed by atoms with van der Waals surface area (Å²) in [6, 6.07) is 68.6. The molecule has 0 fully saturated rings.